The van der Waals surface area contributed by atoms with E-state index < -0.39 is 0 Å². The first kappa shape index (κ1) is 9.58. The maximum atomic E-state index is 11.6. The van der Waals surface area contributed by atoms with Gasteiger partial charge in [0.15, 0.2) is 5.78 Å². The molecular weight excluding hydrogens is 190 g/mol. The van der Waals surface area contributed by atoms with Gasteiger partial charge in [-0.2, -0.15) is 5.10 Å². The van der Waals surface area contributed by atoms with Crippen LogP contribution in [0, 0.1) is 0 Å². The molecule has 0 unspecified atom stereocenters. The van der Waals surface area contributed by atoms with Gasteiger partial charge >= 0.3 is 0 Å². The minimum Gasteiger partial charge on any atom is -0.297 e. The minimum atomic E-state index is 0.131. The first-order valence-corrected chi connectivity index (χ1v) is 4.72. The molecule has 15 heavy (non-hydrogen) atoms. The Kier molecular flexibility index (Phi) is 2.88. The quantitative estimate of drug-likeness (QED) is 0.744. The Morgan fingerprint density at radius 1 is 1.27 bits per heavy atom. The van der Waals surface area contributed by atoms with Crippen molar-refractivity contribution in [3.63, 3.8) is 0 Å². The molecule has 2 aromatic rings. The van der Waals surface area contributed by atoms with Crippen LogP contribution >= 0.6 is 0 Å². The number of carbonyl (C=O) groups is 1. The van der Waals surface area contributed by atoms with Gasteiger partial charge in [0.1, 0.15) is 19.2 Å². The standard InChI is InChI=1S/C11H11N3O/c15-11(7-14-9-12-8-13-14)6-10-4-2-1-3-5-10/h1-5,8-9H,6-7H2. The van der Waals surface area contributed by atoms with Crippen molar-refractivity contribution in [3.8, 4) is 0 Å². The second-order valence-corrected chi connectivity index (χ2v) is 3.29. The highest BCUT2D eigenvalue weighted by Crippen LogP contribution is 2.00. The number of Topliss-reactive ketones (excluding diaryl/α,β-unsaturated/α-hetero) is 1. The molecule has 0 aliphatic carbocycles. The Labute approximate surface area is 87.6 Å². The predicted octanol–water partition coefficient (Wildman–Crippen LogP) is 1.09. The van der Waals surface area contributed by atoms with Crippen molar-refractivity contribution in [2.45, 2.75) is 13.0 Å². The number of nitrogens with zero attached hydrogens (tertiary/aromatic N) is 3. The molecule has 0 saturated heterocycles. The molecule has 0 radical (unpaired) electrons. The average molecular weight is 201 g/mol. The highest BCUT2D eigenvalue weighted by atomic mass is 16.1. The molecule has 1 aromatic carbocycles. The number of ketones is 1. The van der Waals surface area contributed by atoms with Crippen LogP contribution in [0.5, 0.6) is 0 Å². The van der Waals surface area contributed by atoms with E-state index in [1.165, 1.54) is 11.0 Å². The number of rotatable bonds is 4. The summed E-state index contributed by atoms with van der Waals surface area (Å²) in [6.07, 6.45) is 3.42. The van der Waals surface area contributed by atoms with Crippen molar-refractivity contribution >= 4 is 5.78 Å². The fourth-order valence-electron chi connectivity index (χ4n) is 1.37. The normalized spacial score (nSPS) is 10.1. The van der Waals surface area contributed by atoms with Gasteiger partial charge in [0.2, 0.25) is 0 Å². The van der Waals surface area contributed by atoms with E-state index in [1.807, 2.05) is 30.3 Å². The molecule has 2 rings (SSSR count). The Bertz CT molecular complexity index is 422. The Morgan fingerprint density at radius 2 is 2.07 bits per heavy atom. The smallest absolute Gasteiger partial charge is 0.158 e. The first-order chi connectivity index (χ1) is 7.34. The molecule has 4 nitrogen and oxygen atoms in total. The molecule has 4 heteroatoms. The van der Waals surface area contributed by atoms with Crippen LogP contribution in [-0.4, -0.2) is 20.5 Å². The molecule has 0 spiro atoms. The SMILES string of the molecule is O=C(Cc1ccccc1)Cn1cncn1. The second kappa shape index (κ2) is 4.50. The summed E-state index contributed by atoms with van der Waals surface area (Å²) in [5.41, 5.74) is 1.03. The maximum Gasteiger partial charge on any atom is 0.158 e. The highest BCUT2D eigenvalue weighted by molar-refractivity contribution is 5.80. The van der Waals surface area contributed by atoms with E-state index >= 15 is 0 Å². The van der Waals surface area contributed by atoms with Gasteiger partial charge in [-0.25, -0.2) is 9.67 Å². The Balaban J connectivity index is 1.94. The topological polar surface area (TPSA) is 47.8 Å². The molecule has 1 aromatic heterocycles. The summed E-state index contributed by atoms with van der Waals surface area (Å²) in [4.78, 5) is 15.4. The molecule has 0 saturated carbocycles. The molecular formula is C11H11N3O. The van der Waals surface area contributed by atoms with Crippen molar-refractivity contribution in [1.29, 1.82) is 0 Å². The van der Waals surface area contributed by atoms with Crippen LogP contribution in [0.2, 0.25) is 0 Å². The monoisotopic (exact) mass is 201 g/mol. The average Bonchev–Trinajstić information content (AvgIpc) is 2.71. The maximum absolute atomic E-state index is 11.6. The van der Waals surface area contributed by atoms with Crippen LogP contribution in [0.1, 0.15) is 5.56 Å². The molecule has 76 valence electrons. The van der Waals surface area contributed by atoms with Gasteiger partial charge < -0.3 is 0 Å². The van der Waals surface area contributed by atoms with Crippen molar-refractivity contribution in [3.05, 3.63) is 48.5 Å². The van der Waals surface area contributed by atoms with Gasteiger partial charge in [-0.3, -0.25) is 4.79 Å². The molecule has 1 heterocycles. The summed E-state index contributed by atoms with van der Waals surface area (Å²) in [6.45, 7) is 0.287. The van der Waals surface area contributed by atoms with E-state index in [-0.39, 0.29) is 12.3 Å². The highest BCUT2D eigenvalue weighted by Gasteiger charge is 2.04. The molecule has 0 atom stereocenters. The fourth-order valence-corrected chi connectivity index (χ4v) is 1.37. The van der Waals surface area contributed by atoms with Gasteiger partial charge in [-0.15, -0.1) is 0 Å². The third-order valence-corrected chi connectivity index (χ3v) is 2.05. The lowest BCUT2D eigenvalue weighted by Crippen LogP contribution is -2.12. The van der Waals surface area contributed by atoms with E-state index in [0.29, 0.717) is 6.42 Å². The summed E-state index contributed by atoms with van der Waals surface area (Å²) in [5, 5.41) is 3.88. The van der Waals surface area contributed by atoms with E-state index in [2.05, 4.69) is 10.1 Å². The predicted molar refractivity (Wildman–Crippen MR) is 55.2 cm³/mol. The van der Waals surface area contributed by atoms with Gasteiger partial charge in [0, 0.05) is 6.42 Å². The minimum absolute atomic E-state index is 0.131. The first-order valence-electron chi connectivity index (χ1n) is 4.72. The number of carbonyl (C=O) groups excluding carboxylic acids is 1. The number of aromatic nitrogens is 3. The lowest BCUT2D eigenvalue weighted by molar-refractivity contribution is -0.119. The third kappa shape index (κ3) is 2.74. The third-order valence-electron chi connectivity index (χ3n) is 2.05. The summed E-state index contributed by atoms with van der Waals surface area (Å²) in [5.74, 6) is 0.131. The summed E-state index contributed by atoms with van der Waals surface area (Å²) in [6, 6.07) is 9.68. The summed E-state index contributed by atoms with van der Waals surface area (Å²) >= 11 is 0. The van der Waals surface area contributed by atoms with Crippen molar-refractivity contribution < 1.29 is 4.79 Å². The van der Waals surface area contributed by atoms with E-state index in [9.17, 15) is 4.79 Å². The summed E-state index contributed by atoms with van der Waals surface area (Å²) in [7, 11) is 0. The van der Waals surface area contributed by atoms with Crippen LogP contribution < -0.4 is 0 Å². The Morgan fingerprint density at radius 3 is 2.73 bits per heavy atom. The molecule has 0 aliphatic rings. The van der Waals surface area contributed by atoms with E-state index in [0.717, 1.165) is 5.56 Å². The van der Waals surface area contributed by atoms with Gasteiger partial charge in [0.05, 0.1) is 0 Å². The number of hydrogen-bond donors (Lipinski definition) is 0. The molecule has 0 fully saturated rings. The zero-order valence-electron chi connectivity index (χ0n) is 8.21. The number of hydrogen-bond acceptors (Lipinski definition) is 3. The van der Waals surface area contributed by atoms with Crippen molar-refractivity contribution in [2.24, 2.45) is 0 Å². The molecule has 0 aliphatic heterocycles. The molecule has 0 N–H and O–H groups in total. The molecule has 0 bridgehead atoms. The van der Waals surface area contributed by atoms with Crippen LogP contribution in [0.4, 0.5) is 0 Å². The van der Waals surface area contributed by atoms with Gasteiger partial charge in [-0.05, 0) is 5.56 Å². The van der Waals surface area contributed by atoms with Gasteiger partial charge in [-0.1, -0.05) is 30.3 Å². The zero-order valence-corrected chi connectivity index (χ0v) is 8.21. The van der Waals surface area contributed by atoms with E-state index in [1.54, 1.807) is 6.33 Å². The van der Waals surface area contributed by atoms with E-state index in [4.69, 9.17) is 0 Å². The van der Waals surface area contributed by atoms with Crippen LogP contribution in [0.15, 0.2) is 43.0 Å². The lowest BCUT2D eigenvalue weighted by Gasteiger charge is -2.00. The summed E-state index contributed by atoms with van der Waals surface area (Å²) < 4.78 is 1.53. The van der Waals surface area contributed by atoms with Crippen LogP contribution in [0.3, 0.4) is 0 Å². The molecule has 0 amide bonds. The van der Waals surface area contributed by atoms with Crippen molar-refractivity contribution in [1.82, 2.24) is 14.8 Å². The second-order valence-electron chi connectivity index (χ2n) is 3.29. The number of benzene rings is 1. The Hall–Kier alpha value is -1.97. The largest absolute Gasteiger partial charge is 0.297 e. The fraction of sp³-hybridized carbons (Fsp3) is 0.182. The zero-order chi connectivity index (χ0) is 10.5. The lowest BCUT2D eigenvalue weighted by atomic mass is 10.1. The van der Waals surface area contributed by atoms with Gasteiger partial charge in [0.25, 0.3) is 0 Å². The van der Waals surface area contributed by atoms with Crippen LogP contribution in [0.25, 0.3) is 0 Å². The van der Waals surface area contributed by atoms with Crippen molar-refractivity contribution in [2.75, 3.05) is 0 Å². The van der Waals surface area contributed by atoms with Crippen LogP contribution in [-0.2, 0) is 17.8 Å².